The van der Waals surface area contributed by atoms with Gasteiger partial charge in [-0.1, -0.05) is 252 Å². The number of nitrogens with zero attached hydrogens (tertiary/aromatic N) is 2. The van der Waals surface area contributed by atoms with Crippen molar-refractivity contribution >= 4 is 11.8 Å². The minimum atomic E-state index is -0.0932. The molecule has 2 N–H and O–H groups in total. The van der Waals surface area contributed by atoms with Crippen LogP contribution in [-0.4, -0.2) is 71.6 Å². The summed E-state index contributed by atoms with van der Waals surface area (Å²) in [6.07, 6.45) is 58.5. The first-order valence-electron chi connectivity index (χ1n) is 30.9. The molecule has 398 valence electrons. The van der Waals surface area contributed by atoms with Crippen LogP contribution in [0.5, 0.6) is 0 Å². The first-order chi connectivity index (χ1) is 33.0. The minimum Gasteiger partial charge on any atom is -0.393 e. The van der Waals surface area contributed by atoms with Gasteiger partial charge in [-0.25, -0.2) is 0 Å². The fraction of sp³-hybridized carbons (Fsp3) is 0.967. The monoisotopic (exact) mass is 944 g/mol. The highest BCUT2D eigenvalue weighted by Crippen LogP contribution is 2.32. The van der Waals surface area contributed by atoms with E-state index in [0.717, 1.165) is 77.7 Å². The van der Waals surface area contributed by atoms with Crippen LogP contribution in [0.1, 0.15) is 329 Å². The van der Waals surface area contributed by atoms with Gasteiger partial charge in [-0.15, -0.1) is 0 Å². The lowest BCUT2D eigenvalue weighted by atomic mass is 9.75. The molecule has 0 aliphatic heterocycles. The first kappa shape index (κ1) is 63.9. The van der Waals surface area contributed by atoms with Gasteiger partial charge in [0.25, 0.3) is 0 Å². The van der Waals surface area contributed by atoms with Gasteiger partial charge in [-0.2, -0.15) is 0 Å². The Morgan fingerprint density at radius 2 is 0.657 bits per heavy atom. The molecule has 0 saturated heterocycles. The molecule has 1 atom stereocenters. The van der Waals surface area contributed by atoms with Crippen molar-refractivity contribution in [2.75, 3.05) is 32.7 Å². The molecule has 1 unspecified atom stereocenters. The molecule has 2 amide bonds. The summed E-state index contributed by atoms with van der Waals surface area (Å²) in [4.78, 5) is 31.2. The SMILES string of the molecule is CCCCCCCCCCN(CCCCCCCCNC(CCCCCCCC(=O)N(CCCCCCCCCC)CCCCCCCCCC)C1CC(O)C1)C(=O)CCCCCCCCC. The maximum Gasteiger partial charge on any atom is 0.222 e. The van der Waals surface area contributed by atoms with E-state index in [1.807, 2.05) is 0 Å². The summed E-state index contributed by atoms with van der Waals surface area (Å²) in [5.41, 5.74) is 0. The molecule has 0 radical (unpaired) electrons. The number of aliphatic hydroxyl groups is 1. The number of unbranched alkanes of at least 4 members (excludes halogenated alkanes) is 36. The number of nitrogens with one attached hydrogen (secondary N) is 1. The maximum absolute atomic E-state index is 13.4. The lowest BCUT2D eigenvalue weighted by molar-refractivity contribution is -0.132. The molecule has 67 heavy (non-hydrogen) atoms. The zero-order valence-corrected chi connectivity index (χ0v) is 46.2. The van der Waals surface area contributed by atoms with Crippen LogP contribution in [0, 0.1) is 5.92 Å². The molecule has 0 aromatic carbocycles. The third-order valence-corrected chi connectivity index (χ3v) is 15.4. The second-order valence-corrected chi connectivity index (χ2v) is 21.9. The maximum atomic E-state index is 13.4. The molecule has 6 heteroatoms. The smallest absolute Gasteiger partial charge is 0.222 e. The zero-order chi connectivity index (χ0) is 48.5. The van der Waals surface area contributed by atoms with Crippen LogP contribution in [0.25, 0.3) is 0 Å². The van der Waals surface area contributed by atoms with Crippen molar-refractivity contribution in [1.29, 1.82) is 0 Å². The van der Waals surface area contributed by atoms with Gasteiger partial charge in [0.1, 0.15) is 0 Å². The van der Waals surface area contributed by atoms with Gasteiger partial charge in [0.15, 0.2) is 0 Å². The van der Waals surface area contributed by atoms with Crippen LogP contribution in [-0.2, 0) is 9.59 Å². The Hall–Kier alpha value is -1.14. The van der Waals surface area contributed by atoms with Crippen molar-refractivity contribution in [3.05, 3.63) is 0 Å². The van der Waals surface area contributed by atoms with Crippen molar-refractivity contribution in [3.8, 4) is 0 Å². The predicted molar refractivity (Wildman–Crippen MR) is 294 cm³/mol. The predicted octanol–water partition coefficient (Wildman–Crippen LogP) is 18.0. The topological polar surface area (TPSA) is 72.9 Å². The minimum absolute atomic E-state index is 0.0932. The molecule has 0 aromatic heterocycles. The van der Waals surface area contributed by atoms with E-state index in [1.165, 1.54) is 257 Å². The number of carbonyl (C=O) groups is 2. The highest BCUT2D eigenvalue weighted by molar-refractivity contribution is 5.76. The molecule has 0 bridgehead atoms. The third kappa shape index (κ3) is 40.2. The summed E-state index contributed by atoms with van der Waals surface area (Å²) in [7, 11) is 0. The summed E-state index contributed by atoms with van der Waals surface area (Å²) in [6.45, 7) is 14.1. The summed E-state index contributed by atoms with van der Waals surface area (Å²) in [5.74, 6) is 1.46. The second kappa shape index (κ2) is 49.8. The van der Waals surface area contributed by atoms with Crippen LogP contribution in [0.2, 0.25) is 0 Å². The molecule has 1 aliphatic carbocycles. The Balaban J connectivity index is 2.33. The Morgan fingerprint density at radius 1 is 0.388 bits per heavy atom. The average molecular weight is 945 g/mol. The van der Waals surface area contributed by atoms with Gasteiger partial charge in [-0.05, 0) is 76.7 Å². The molecule has 0 spiro atoms. The van der Waals surface area contributed by atoms with E-state index in [2.05, 4.69) is 42.8 Å². The summed E-state index contributed by atoms with van der Waals surface area (Å²) in [6, 6.07) is 0.539. The molecular weight excluding hydrogens is 823 g/mol. The average Bonchev–Trinajstić information content (AvgIpc) is 3.32. The summed E-state index contributed by atoms with van der Waals surface area (Å²) in [5, 5.41) is 14.1. The number of rotatable bonds is 54. The highest BCUT2D eigenvalue weighted by atomic mass is 16.3. The van der Waals surface area contributed by atoms with Crippen LogP contribution in [0.15, 0.2) is 0 Å². The fourth-order valence-electron chi connectivity index (χ4n) is 10.6. The summed E-state index contributed by atoms with van der Waals surface area (Å²) >= 11 is 0. The van der Waals surface area contributed by atoms with Crippen LogP contribution >= 0.6 is 0 Å². The normalized spacial score (nSPS) is 15.2. The number of amides is 2. The van der Waals surface area contributed by atoms with Crippen molar-refractivity contribution in [1.82, 2.24) is 15.1 Å². The quantitative estimate of drug-likeness (QED) is 0.0596. The van der Waals surface area contributed by atoms with Gasteiger partial charge in [0, 0.05) is 45.1 Å². The van der Waals surface area contributed by atoms with Gasteiger partial charge in [0.2, 0.25) is 11.8 Å². The molecule has 1 fully saturated rings. The highest BCUT2D eigenvalue weighted by Gasteiger charge is 2.33. The van der Waals surface area contributed by atoms with Gasteiger partial charge >= 0.3 is 0 Å². The Kier molecular flexibility index (Phi) is 47.5. The second-order valence-electron chi connectivity index (χ2n) is 21.9. The molecule has 6 nitrogen and oxygen atoms in total. The van der Waals surface area contributed by atoms with E-state index in [4.69, 9.17) is 0 Å². The van der Waals surface area contributed by atoms with E-state index in [0.29, 0.717) is 23.8 Å². The number of hydrogen-bond donors (Lipinski definition) is 2. The number of aliphatic hydroxyl groups excluding tert-OH is 1. The van der Waals surface area contributed by atoms with E-state index < -0.39 is 0 Å². The van der Waals surface area contributed by atoms with Gasteiger partial charge < -0.3 is 20.2 Å². The van der Waals surface area contributed by atoms with Crippen LogP contribution in [0.3, 0.4) is 0 Å². The molecule has 1 rings (SSSR count). The van der Waals surface area contributed by atoms with E-state index >= 15 is 0 Å². The van der Waals surface area contributed by atoms with Crippen molar-refractivity contribution in [2.45, 2.75) is 342 Å². The van der Waals surface area contributed by atoms with E-state index in [1.54, 1.807) is 0 Å². The molecule has 0 aromatic rings. The molecule has 0 heterocycles. The van der Waals surface area contributed by atoms with E-state index in [-0.39, 0.29) is 6.10 Å². The zero-order valence-electron chi connectivity index (χ0n) is 46.2. The van der Waals surface area contributed by atoms with Crippen LogP contribution < -0.4 is 5.32 Å². The lowest BCUT2D eigenvalue weighted by Gasteiger charge is -2.38. The molecule has 1 saturated carbocycles. The number of carbonyl (C=O) groups excluding carboxylic acids is 2. The fourth-order valence-corrected chi connectivity index (χ4v) is 10.6. The van der Waals surface area contributed by atoms with Crippen molar-refractivity contribution in [3.63, 3.8) is 0 Å². The van der Waals surface area contributed by atoms with Crippen LogP contribution in [0.4, 0.5) is 0 Å². The van der Waals surface area contributed by atoms with Gasteiger partial charge in [-0.3, -0.25) is 9.59 Å². The van der Waals surface area contributed by atoms with Gasteiger partial charge in [0.05, 0.1) is 6.10 Å². The largest absolute Gasteiger partial charge is 0.393 e. The standard InChI is InChI=1S/C61H121N3O3/c1-5-9-13-17-21-26-35-43-51-63(52-44-36-27-22-18-14-10-6-2)61(67)49-41-33-30-31-39-47-59(57-55-58(65)56-57)62-50-42-34-25-29-38-46-54-64(53-45-37-28-23-19-15-11-7-3)60(66)48-40-32-24-20-16-12-8-4/h57-59,62,65H,5-56H2,1-4H3. The Morgan fingerprint density at radius 3 is 0.970 bits per heavy atom. The Labute approximate surface area is 420 Å². The number of hydrogen-bond acceptors (Lipinski definition) is 4. The van der Waals surface area contributed by atoms with E-state index in [9.17, 15) is 14.7 Å². The van der Waals surface area contributed by atoms with Crippen molar-refractivity contribution in [2.24, 2.45) is 5.92 Å². The molecule has 1 aliphatic rings. The Bertz CT molecular complexity index is 1010. The third-order valence-electron chi connectivity index (χ3n) is 15.4. The van der Waals surface area contributed by atoms with Crippen molar-refractivity contribution < 1.29 is 14.7 Å². The first-order valence-corrected chi connectivity index (χ1v) is 30.9. The molecular formula is C61H121N3O3. The lowest BCUT2D eigenvalue weighted by Crippen LogP contribution is -2.45. The summed E-state index contributed by atoms with van der Waals surface area (Å²) < 4.78 is 0.